The molecule has 2 aliphatic rings. The normalized spacial score (nSPS) is 22.3. The van der Waals surface area contributed by atoms with E-state index in [1.807, 2.05) is 0 Å². The number of phenolic OH excluding ortho intramolecular Hbond substituents is 2. The van der Waals surface area contributed by atoms with E-state index in [0.29, 0.717) is 11.1 Å². The molecule has 3 aromatic carbocycles. The van der Waals surface area contributed by atoms with Gasteiger partial charge in [-0.15, -0.1) is 0 Å². The van der Waals surface area contributed by atoms with Crippen LogP contribution in [0.15, 0.2) is 72.8 Å². The first-order valence-electron chi connectivity index (χ1n) is 9.99. The average Bonchev–Trinajstić information content (AvgIpc) is 3.36. The molecule has 6 nitrogen and oxygen atoms in total. The van der Waals surface area contributed by atoms with Gasteiger partial charge in [0.15, 0.2) is 11.6 Å². The van der Waals surface area contributed by atoms with E-state index in [-0.39, 0.29) is 23.7 Å². The molecule has 2 bridgehead atoms. The number of benzene rings is 3. The zero-order chi connectivity index (χ0) is 22.5. The van der Waals surface area contributed by atoms with Gasteiger partial charge >= 0.3 is 10.1 Å². The minimum atomic E-state index is -4.22. The van der Waals surface area contributed by atoms with E-state index in [4.69, 9.17) is 8.92 Å². The van der Waals surface area contributed by atoms with E-state index in [1.165, 1.54) is 30.3 Å². The first-order valence-corrected chi connectivity index (χ1v) is 11.5. The highest BCUT2D eigenvalue weighted by molar-refractivity contribution is 7.87. The number of halogens is 1. The molecule has 0 spiro atoms. The lowest BCUT2D eigenvalue weighted by Gasteiger charge is -2.24. The first kappa shape index (κ1) is 20.5. The molecule has 0 unspecified atom stereocenters. The molecule has 0 radical (unpaired) electrons. The Labute approximate surface area is 184 Å². The van der Waals surface area contributed by atoms with Crippen LogP contribution in [0.5, 0.6) is 17.2 Å². The fourth-order valence-corrected chi connectivity index (χ4v) is 5.76. The molecular weight excluding hydrogens is 435 g/mol. The topological polar surface area (TPSA) is 93.1 Å². The minimum absolute atomic E-state index is 0.0802. The number of phenols is 2. The maximum Gasteiger partial charge on any atom is 0.315 e. The van der Waals surface area contributed by atoms with Crippen molar-refractivity contribution in [2.75, 3.05) is 0 Å². The monoisotopic (exact) mass is 454 g/mol. The summed E-state index contributed by atoms with van der Waals surface area (Å²) < 4.78 is 51.4. The van der Waals surface area contributed by atoms with Crippen LogP contribution in [0.1, 0.15) is 17.5 Å². The van der Waals surface area contributed by atoms with E-state index >= 15 is 0 Å². The Balaban J connectivity index is 1.57. The smallest absolute Gasteiger partial charge is 0.315 e. The fraction of sp³-hybridized carbons (Fsp3) is 0.167. The second-order valence-corrected chi connectivity index (χ2v) is 9.50. The number of hydrogen-bond donors (Lipinski definition) is 2. The third-order valence-corrected chi connectivity index (χ3v) is 7.35. The van der Waals surface area contributed by atoms with Crippen molar-refractivity contribution in [3.63, 3.8) is 0 Å². The van der Waals surface area contributed by atoms with Crippen LogP contribution in [0, 0.1) is 5.82 Å². The Morgan fingerprint density at radius 2 is 1.41 bits per heavy atom. The quantitative estimate of drug-likeness (QED) is 0.564. The second kappa shape index (κ2) is 7.65. The van der Waals surface area contributed by atoms with Crippen LogP contribution in [0.25, 0.3) is 11.1 Å². The van der Waals surface area contributed by atoms with Crippen molar-refractivity contribution in [1.29, 1.82) is 0 Å². The zero-order valence-corrected chi connectivity index (χ0v) is 17.5. The van der Waals surface area contributed by atoms with Crippen LogP contribution < -0.4 is 4.18 Å². The highest BCUT2D eigenvalue weighted by Gasteiger charge is 2.53. The number of fused-ring (bicyclic) bond motifs is 2. The van der Waals surface area contributed by atoms with E-state index in [0.717, 1.165) is 17.2 Å². The number of hydrogen-bond acceptors (Lipinski definition) is 6. The number of aromatic hydroxyl groups is 2. The van der Waals surface area contributed by atoms with Crippen molar-refractivity contribution in [3.05, 3.63) is 89.7 Å². The van der Waals surface area contributed by atoms with Crippen molar-refractivity contribution in [2.24, 2.45) is 0 Å². The van der Waals surface area contributed by atoms with Gasteiger partial charge in [0.05, 0.1) is 6.10 Å². The molecule has 0 aromatic heterocycles. The van der Waals surface area contributed by atoms with E-state index in [2.05, 4.69) is 0 Å². The standard InChI is InChI=1S/C24H19FO6S/c25-18-3-1-2-4-19(18)31-32(28,29)21-13-20-22(14-5-9-16(26)10-6-14)23(24(21)30-20)15-7-11-17(27)12-8-15/h1-12,20-21,24,26-27H,13H2/t20-,21+,24+/m0/s1. The van der Waals surface area contributed by atoms with E-state index < -0.39 is 33.4 Å². The molecule has 164 valence electrons. The van der Waals surface area contributed by atoms with Gasteiger partial charge in [0.25, 0.3) is 0 Å². The molecule has 0 aliphatic carbocycles. The van der Waals surface area contributed by atoms with Gasteiger partial charge in [-0.05, 0) is 58.7 Å². The van der Waals surface area contributed by atoms with Crippen LogP contribution >= 0.6 is 0 Å². The van der Waals surface area contributed by atoms with E-state index in [1.54, 1.807) is 36.4 Å². The number of ether oxygens (including phenoxy) is 1. The maximum absolute atomic E-state index is 14.0. The third-order valence-electron chi connectivity index (χ3n) is 5.76. The van der Waals surface area contributed by atoms with Crippen molar-refractivity contribution < 1.29 is 31.9 Å². The van der Waals surface area contributed by atoms with Gasteiger partial charge in [-0.2, -0.15) is 8.42 Å². The van der Waals surface area contributed by atoms with Gasteiger partial charge in [0, 0.05) is 6.42 Å². The number of para-hydroxylation sites is 1. The zero-order valence-electron chi connectivity index (χ0n) is 16.7. The Bertz CT molecular complexity index is 1300. The van der Waals surface area contributed by atoms with Crippen molar-refractivity contribution in [3.8, 4) is 17.2 Å². The van der Waals surface area contributed by atoms with Crippen LogP contribution in [-0.2, 0) is 14.9 Å². The molecule has 0 amide bonds. The molecule has 2 aliphatic heterocycles. The van der Waals surface area contributed by atoms with Crippen molar-refractivity contribution in [1.82, 2.24) is 0 Å². The highest BCUT2D eigenvalue weighted by atomic mass is 32.2. The second-order valence-electron chi connectivity index (χ2n) is 7.75. The molecule has 8 heteroatoms. The SMILES string of the molecule is O=S(=O)(Oc1ccccc1F)[C@@H]1C[C@@H]2O[C@H]1C(c1ccc(O)cc1)=C2c1ccc(O)cc1. The van der Waals surface area contributed by atoms with Gasteiger partial charge in [-0.25, -0.2) is 4.39 Å². The Kier molecular flexibility index (Phi) is 4.91. The van der Waals surface area contributed by atoms with Gasteiger partial charge < -0.3 is 19.1 Å². The Morgan fingerprint density at radius 1 is 0.844 bits per heavy atom. The summed E-state index contributed by atoms with van der Waals surface area (Å²) in [4.78, 5) is 0. The Hall–Kier alpha value is -3.36. The molecular formula is C24H19FO6S. The summed E-state index contributed by atoms with van der Waals surface area (Å²) in [6, 6.07) is 18.4. The van der Waals surface area contributed by atoms with Crippen LogP contribution in [-0.4, -0.2) is 36.1 Å². The lowest BCUT2D eigenvalue weighted by Crippen LogP contribution is -2.35. The van der Waals surface area contributed by atoms with Gasteiger partial charge in [0.1, 0.15) is 22.9 Å². The average molecular weight is 454 g/mol. The summed E-state index contributed by atoms with van der Waals surface area (Å²) in [6.45, 7) is 0. The molecule has 2 heterocycles. The van der Waals surface area contributed by atoms with Gasteiger partial charge in [-0.3, -0.25) is 0 Å². The van der Waals surface area contributed by atoms with Crippen LogP contribution in [0.4, 0.5) is 4.39 Å². The third kappa shape index (κ3) is 3.51. The maximum atomic E-state index is 14.0. The summed E-state index contributed by atoms with van der Waals surface area (Å²) >= 11 is 0. The fourth-order valence-electron chi connectivity index (χ4n) is 4.33. The molecule has 32 heavy (non-hydrogen) atoms. The van der Waals surface area contributed by atoms with Crippen molar-refractivity contribution in [2.45, 2.75) is 23.9 Å². The Morgan fingerprint density at radius 3 is 2.00 bits per heavy atom. The van der Waals surface area contributed by atoms with Gasteiger partial charge in [0.2, 0.25) is 0 Å². The largest absolute Gasteiger partial charge is 0.508 e. The van der Waals surface area contributed by atoms with Crippen LogP contribution in [0.2, 0.25) is 0 Å². The predicted octanol–water partition coefficient (Wildman–Crippen LogP) is 4.10. The molecule has 3 aromatic rings. The summed E-state index contributed by atoms with van der Waals surface area (Å²) in [7, 11) is -4.22. The molecule has 0 saturated carbocycles. The summed E-state index contributed by atoms with van der Waals surface area (Å²) in [5.74, 6) is -0.927. The van der Waals surface area contributed by atoms with Gasteiger partial charge in [-0.1, -0.05) is 36.4 Å². The highest BCUT2D eigenvalue weighted by Crippen LogP contribution is 2.51. The minimum Gasteiger partial charge on any atom is -0.508 e. The lowest BCUT2D eigenvalue weighted by atomic mass is 9.83. The molecule has 1 fully saturated rings. The summed E-state index contributed by atoms with van der Waals surface area (Å²) in [5.41, 5.74) is 2.98. The molecule has 3 atom stereocenters. The number of rotatable bonds is 5. The molecule has 2 N–H and O–H groups in total. The lowest BCUT2D eigenvalue weighted by molar-refractivity contribution is 0.128. The first-order chi connectivity index (χ1) is 15.3. The summed E-state index contributed by atoms with van der Waals surface area (Å²) in [5, 5.41) is 18.3. The van der Waals surface area contributed by atoms with Crippen LogP contribution in [0.3, 0.4) is 0 Å². The molecule has 5 rings (SSSR count). The molecule has 1 saturated heterocycles. The predicted molar refractivity (Wildman–Crippen MR) is 116 cm³/mol. The van der Waals surface area contributed by atoms with E-state index in [9.17, 15) is 23.0 Å². The summed E-state index contributed by atoms with van der Waals surface area (Å²) in [6.07, 6.45) is -1.19. The van der Waals surface area contributed by atoms with Crippen molar-refractivity contribution >= 4 is 21.3 Å².